The van der Waals surface area contributed by atoms with Crippen molar-refractivity contribution in [2.24, 2.45) is 11.8 Å². The largest absolute Gasteiger partial charge is 1.00 e. The normalized spacial score (nSPS) is 15.0. The molecule has 3 aromatic carbocycles. The average molecular weight is 679 g/mol. The van der Waals surface area contributed by atoms with Gasteiger partial charge < -0.3 is 24.8 Å². The molecule has 0 saturated heterocycles. The minimum Gasteiger partial charge on any atom is -1.00 e. The molecule has 0 N–H and O–H groups in total. The van der Waals surface area contributed by atoms with Gasteiger partial charge >= 0.3 is 70.3 Å². The van der Waals surface area contributed by atoms with E-state index >= 15 is 0 Å². The molecule has 5 rings (SSSR count). The van der Waals surface area contributed by atoms with Gasteiger partial charge in [-0.05, 0) is 17.4 Å². The van der Waals surface area contributed by atoms with Gasteiger partial charge in [0.2, 0.25) is 0 Å². The molecule has 2 aliphatic carbocycles. The van der Waals surface area contributed by atoms with Crippen molar-refractivity contribution in [3.05, 3.63) is 118 Å². The Bertz CT molecular complexity index is 1340. The van der Waals surface area contributed by atoms with Crippen LogP contribution in [0.2, 0.25) is 0 Å². The maximum atomic E-state index is 3.53. The topological polar surface area (TPSA) is 0 Å². The molecule has 0 aromatic heterocycles. The van der Waals surface area contributed by atoms with Crippen LogP contribution in [-0.4, -0.2) is 3.21 Å². The van der Waals surface area contributed by atoms with Gasteiger partial charge in [0.15, 0.2) is 0 Å². The second-order valence-electron chi connectivity index (χ2n) is 13.7. The van der Waals surface area contributed by atoms with Crippen LogP contribution in [0, 0.1) is 24.0 Å². The number of hydrogen-bond acceptors (Lipinski definition) is 0. The van der Waals surface area contributed by atoms with Gasteiger partial charge in [-0.25, -0.2) is 5.57 Å². The summed E-state index contributed by atoms with van der Waals surface area (Å²) in [6, 6.07) is 25.5. The Balaban J connectivity index is 0.000000353. The number of benzene rings is 3. The molecule has 224 valence electrons. The van der Waals surface area contributed by atoms with E-state index in [9.17, 15) is 0 Å². The molecule has 0 bridgehead atoms. The summed E-state index contributed by atoms with van der Waals surface area (Å²) in [6.45, 7) is 24.6. The summed E-state index contributed by atoms with van der Waals surface area (Å²) in [5.41, 5.74) is 13.0. The first-order valence-electron chi connectivity index (χ1n) is 14.7. The first-order valence-corrected chi connectivity index (χ1v) is 15.9. The molecule has 1 unspecified atom stereocenters. The maximum absolute atomic E-state index is 3.53. The van der Waals surface area contributed by atoms with Crippen molar-refractivity contribution in [2.45, 2.75) is 93.4 Å². The number of allylic oxidation sites excluding steroid dienone is 4. The van der Waals surface area contributed by atoms with E-state index in [2.05, 4.69) is 149 Å². The summed E-state index contributed by atoms with van der Waals surface area (Å²) in [5.74, 6) is 1.20. The molecule has 0 amide bonds. The van der Waals surface area contributed by atoms with Gasteiger partial charge in [-0.1, -0.05) is 116 Å². The van der Waals surface area contributed by atoms with E-state index in [0.29, 0.717) is 11.8 Å². The van der Waals surface area contributed by atoms with Gasteiger partial charge in [-0.15, -0.1) is 5.56 Å². The van der Waals surface area contributed by atoms with Crippen molar-refractivity contribution in [3.63, 3.8) is 0 Å². The molecule has 42 heavy (non-hydrogen) atoms. The standard InChI is InChI=1S/C21H25.C10H15.C8H8.2ClH.Zr/c1-20(2,3)16-9-7-14-11-15-8-10-17(21(4,5)6)13-19(15)18(14)12-16;1-7(2)10-6-8(3)5-9(10)4;1-2-8-6-4-3-5-7-8;;;/h7,9-10,12-13H,11H2,1-6H3;6-8H,1-4H3;3-7H,1H3;2*1H;/q2*-1;;;;+2/p-2. The zero-order chi connectivity index (χ0) is 29.8. The number of fused-ring (bicyclic) bond motifs is 3. The van der Waals surface area contributed by atoms with E-state index in [0.717, 1.165) is 6.42 Å². The predicted molar refractivity (Wildman–Crippen MR) is 172 cm³/mol. The van der Waals surface area contributed by atoms with Gasteiger partial charge in [-0.3, -0.25) is 6.08 Å². The predicted octanol–water partition coefficient (Wildman–Crippen LogP) is 4.40. The number of halogens is 2. The molecule has 0 saturated carbocycles. The number of hydrogen-bond donors (Lipinski definition) is 0. The summed E-state index contributed by atoms with van der Waals surface area (Å²) in [4.78, 5) is 0. The zero-order valence-electron chi connectivity index (χ0n) is 27.5. The van der Waals surface area contributed by atoms with Gasteiger partial charge in [0.1, 0.15) is 0 Å². The Morgan fingerprint density at radius 2 is 1.43 bits per heavy atom. The average Bonchev–Trinajstić information content (AvgIpc) is 3.42. The first-order chi connectivity index (χ1) is 18.6. The van der Waals surface area contributed by atoms with Gasteiger partial charge in [0.05, 0.1) is 0 Å². The van der Waals surface area contributed by atoms with E-state index < -0.39 is 0 Å². The molecule has 1 atom stereocenters. The SMILES string of the molecule is CC(C)(C)c1c[c-]c2c(c1)-c1cc(C(C)(C)C)ccc1C2.CC1=[C-]C(C)C=C1C(C)C.C[C](=[Zr+2])c1ccccc1.[Cl-].[Cl-]. The second-order valence-corrected chi connectivity index (χ2v) is 15.5. The van der Waals surface area contributed by atoms with Gasteiger partial charge in [-0.2, -0.15) is 41.0 Å². The molecule has 0 fully saturated rings. The quantitative estimate of drug-likeness (QED) is 0.276. The molecule has 3 heteroatoms. The smallest absolute Gasteiger partial charge is 1.00 e. The third-order valence-electron chi connectivity index (χ3n) is 7.66. The molecule has 0 spiro atoms. The Hall–Kier alpha value is -1.53. The fraction of sp³-hybridized carbons (Fsp3) is 0.410. The van der Waals surface area contributed by atoms with Crippen molar-refractivity contribution in [2.75, 3.05) is 0 Å². The van der Waals surface area contributed by atoms with Crippen molar-refractivity contribution in [1.82, 2.24) is 0 Å². The fourth-order valence-corrected chi connectivity index (χ4v) is 5.57. The molecule has 0 aliphatic heterocycles. The summed E-state index contributed by atoms with van der Waals surface area (Å²) in [7, 11) is 0. The molecular weight excluding hydrogens is 631 g/mol. The van der Waals surface area contributed by atoms with Crippen LogP contribution in [0.5, 0.6) is 0 Å². The second kappa shape index (κ2) is 16.0. The zero-order valence-corrected chi connectivity index (χ0v) is 31.4. The van der Waals surface area contributed by atoms with Crippen molar-refractivity contribution >= 4 is 3.21 Å². The monoisotopic (exact) mass is 676 g/mol. The van der Waals surface area contributed by atoms with Crippen LogP contribution >= 0.6 is 0 Å². The fourth-order valence-electron chi connectivity index (χ4n) is 5.16. The molecular formula is C39H48Cl2Zr-2. The van der Waals surface area contributed by atoms with Crippen LogP contribution in [-0.2, 0) is 41.5 Å². The summed E-state index contributed by atoms with van der Waals surface area (Å²) < 4.78 is 1.46. The molecule has 0 nitrogen and oxygen atoms in total. The van der Waals surface area contributed by atoms with Crippen LogP contribution in [0.4, 0.5) is 0 Å². The molecule has 0 heterocycles. The van der Waals surface area contributed by atoms with Gasteiger partial charge in [0, 0.05) is 0 Å². The Kier molecular flexibility index (Phi) is 14.6. The third-order valence-corrected chi connectivity index (χ3v) is 8.37. The summed E-state index contributed by atoms with van der Waals surface area (Å²) in [6.07, 6.45) is 6.71. The van der Waals surface area contributed by atoms with Crippen molar-refractivity contribution in [1.29, 1.82) is 0 Å². The Labute approximate surface area is 284 Å². The minimum absolute atomic E-state index is 0. The van der Waals surface area contributed by atoms with Crippen LogP contribution in [0.3, 0.4) is 0 Å². The number of rotatable bonds is 2. The first kappa shape index (κ1) is 38.5. The van der Waals surface area contributed by atoms with E-state index in [1.807, 2.05) is 6.07 Å². The Morgan fingerprint density at radius 1 is 0.857 bits per heavy atom. The molecule has 3 aromatic rings. The van der Waals surface area contributed by atoms with Crippen LogP contribution in [0.15, 0.2) is 77.9 Å². The third kappa shape index (κ3) is 10.3. The minimum atomic E-state index is 0. The summed E-state index contributed by atoms with van der Waals surface area (Å²) >= 11 is 1.51. The van der Waals surface area contributed by atoms with Crippen LogP contribution in [0.1, 0.15) is 104 Å². The molecule has 0 radical (unpaired) electrons. The van der Waals surface area contributed by atoms with Crippen LogP contribution in [0.25, 0.3) is 11.1 Å². The van der Waals surface area contributed by atoms with E-state index in [1.165, 1.54) is 77.5 Å². The van der Waals surface area contributed by atoms with Crippen LogP contribution < -0.4 is 24.8 Å². The van der Waals surface area contributed by atoms with Crippen molar-refractivity contribution < 1.29 is 49.0 Å². The maximum Gasteiger partial charge on any atom is -1.00 e. The Morgan fingerprint density at radius 3 is 1.86 bits per heavy atom. The van der Waals surface area contributed by atoms with Crippen molar-refractivity contribution in [3.8, 4) is 11.1 Å². The molecule has 2 aliphatic rings. The van der Waals surface area contributed by atoms with E-state index in [4.69, 9.17) is 0 Å². The van der Waals surface area contributed by atoms with E-state index in [1.54, 1.807) is 0 Å². The summed E-state index contributed by atoms with van der Waals surface area (Å²) in [5, 5.41) is 0. The van der Waals surface area contributed by atoms with Gasteiger partial charge in [0.25, 0.3) is 0 Å². The van der Waals surface area contributed by atoms with E-state index in [-0.39, 0.29) is 35.6 Å².